The number of pyridine rings is 1. The standard InChI is InChI=1S/C20H24N2O2.2H2O4S/c1-3-13-12-22-9-7-14(13)10-19(22)20(23)16-6-8-21-18-5-4-15(24-2)11-17(16)18;2*1-5(2,3)4/h3-6,8,11,13-14,19-20,23H,1,7,9-10,12H2,2H3;2*(H2,1,2,3,4)/t13-,14?,19-,20+;;/m0../s1. The third-order valence-corrected chi connectivity index (χ3v) is 6.06. The lowest BCUT2D eigenvalue weighted by atomic mass is 9.73. The third-order valence-electron chi connectivity index (χ3n) is 6.06. The first-order chi connectivity index (χ1) is 15.7. The number of nitrogens with one attached hydrogen (secondary N) is 2. The number of piperidine rings is 3. The van der Waals surface area contributed by atoms with E-state index in [1.807, 2.05) is 30.5 Å². The zero-order valence-corrected chi connectivity index (χ0v) is 20.0. The van der Waals surface area contributed by atoms with Crippen molar-refractivity contribution in [1.29, 1.82) is 0 Å². The predicted molar refractivity (Wildman–Crippen MR) is 118 cm³/mol. The molecule has 1 aromatic carbocycles. The van der Waals surface area contributed by atoms with Crippen LogP contribution in [0.4, 0.5) is 0 Å². The topological polar surface area (TPSA) is 203 Å². The van der Waals surface area contributed by atoms with Crippen molar-refractivity contribution in [1.82, 2.24) is 0 Å². The van der Waals surface area contributed by atoms with Gasteiger partial charge in [0.25, 0.3) is 0 Å². The summed E-state index contributed by atoms with van der Waals surface area (Å²) in [5.41, 5.74) is 2.03. The maximum atomic E-state index is 11.2. The van der Waals surface area contributed by atoms with Gasteiger partial charge in [-0.15, -0.1) is 6.58 Å². The summed E-state index contributed by atoms with van der Waals surface area (Å²) in [6.07, 6.45) is 5.93. The van der Waals surface area contributed by atoms with Gasteiger partial charge in [-0.2, -0.15) is 0 Å². The molecule has 3 fully saturated rings. The molecule has 0 saturated carbocycles. The molecule has 0 amide bonds. The van der Waals surface area contributed by atoms with E-state index in [0.29, 0.717) is 11.8 Å². The maximum absolute atomic E-state index is 11.2. The van der Waals surface area contributed by atoms with Crippen LogP contribution >= 0.6 is 0 Å². The number of quaternary nitrogens is 1. The van der Waals surface area contributed by atoms with E-state index in [0.717, 1.165) is 41.7 Å². The van der Waals surface area contributed by atoms with E-state index in [1.165, 1.54) is 11.3 Å². The Morgan fingerprint density at radius 2 is 1.82 bits per heavy atom. The molecular weight excluding hydrogens is 492 g/mol. The highest BCUT2D eigenvalue weighted by molar-refractivity contribution is 7.80. The van der Waals surface area contributed by atoms with Crippen molar-refractivity contribution in [3.63, 3.8) is 0 Å². The summed E-state index contributed by atoms with van der Waals surface area (Å²) in [5.74, 6) is 2.11. The van der Waals surface area contributed by atoms with Gasteiger partial charge in [0.15, 0.2) is 6.20 Å². The first-order valence-corrected chi connectivity index (χ1v) is 12.9. The van der Waals surface area contributed by atoms with E-state index in [2.05, 4.69) is 17.6 Å². The predicted octanol–water partition coefficient (Wildman–Crippen LogP) is -0.816. The molecule has 190 valence electrons. The number of ether oxygens (including phenoxy) is 1. The quantitative estimate of drug-likeness (QED) is 0.224. The van der Waals surface area contributed by atoms with Gasteiger partial charge in [-0.1, -0.05) is 6.08 Å². The van der Waals surface area contributed by atoms with Crippen LogP contribution in [0.1, 0.15) is 24.5 Å². The number of hydrogen-bond donors (Lipinski definition) is 4. The Bertz CT molecular complexity index is 1160. The monoisotopic (exact) mass is 520 g/mol. The van der Waals surface area contributed by atoms with Crippen molar-refractivity contribution in [2.75, 3.05) is 20.2 Å². The Morgan fingerprint density at radius 1 is 1.21 bits per heavy atom. The number of H-pyrrole nitrogens is 1. The number of aliphatic hydroxyl groups is 1. The van der Waals surface area contributed by atoms with Crippen molar-refractivity contribution < 1.29 is 54.8 Å². The van der Waals surface area contributed by atoms with Crippen molar-refractivity contribution in [2.24, 2.45) is 11.8 Å². The van der Waals surface area contributed by atoms with Crippen molar-refractivity contribution in [2.45, 2.75) is 25.0 Å². The van der Waals surface area contributed by atoms with Gasteiger partial charge in [-0.3, -0.25) is 9.11 Å². The smallest absolute Gasteiger partial charge is 0.215 e. The molecule has 5 N–H and O–H groups in total. The van der Waals surface area contributed by atoms with E-state index in [1.54, 1.807) is 7.11 Å². The normalized spacial score (nSPS) is 24.8. The number of benzene rings is 1. The molecule has 2 unspecified atom stereocenters. The van der Waals surface area contributed by atoms with E-state index >= 15 is 0 Å². The molecule has 0 radical (unpaired) electrons. The van der Waals surface area contributed by atoms with Gasteiger partial charge >= 0.3 is 0 Å². The van der Waals surface area contributed by atoms with Crippen LogP contribution in [0.15, 0.2) is 43.1 Å². The Kier molecular flexibility index (Phi) is 9.50. The van der Waals surface area contributed by atoms with Gasteiger partial charge in [0.1, 0.15) is 17.9 Å². The number of aromatic amines is 1. The van der Waals surface area contributed by atoms with E-state index in [-0.39, 0.29) is 6.04 Å². The number of hydrogen-bond acceptors (Lipinski definition) is 8. The fourth-order valence-electron chi connectivity index (χ4n) is 4.71. The van der Waals surface area contributed by atoms with Crippen LogP contribution in [0.25, 0.3) is 10.9 Å². The lowest BCUT2D eigenvalue weighted by Crippen LogP contribution is -3.20. The van der Waals surface area contributed by atoms with Gasteiger partial charge in [-0.25, -0.2) is 21.8 Å². The Hall–Kier alpha value is -2.17. The minimum Gasteiger partial charge on any atom is -0.726 e. The average Bonchev–Trinajstić information content (AvgIpc) is 2.75. The molecule has 3 aliphatic rings. The van der Waals surface area contributed by atoms with E-state index in [4.69, 9.17) is 39.8 Å². The summed E-state index contributed by atoms with van der Waals surface area (Å²) in [6.45, 7) is 6.27. The lowest BCUT2D eigenvalue weighted by Gasteiger charge is -2.47. The van der Waals surface area contributed by atoms with Crippen LogP contribution in [-0.2, 0) is 20.8 Å². The summed E-state index contributed by atoms with van der Waals surface area (Å²) in [7, 11) is -8.16. The molecule has 34 heavy (non-hydrogen) atoms. The van der Waals surface area contributed by atoms with Gasteiger partial charge in [0.05, 0.1) is 25.6 Å². The van der Waals surface area contributed by atoms with E-state index < -0.39 is 26.9 Å². The molecule has 5 atom stereocenters. The molecule has 2 aromatic rings. The van der Waals surface area contributed by atoms with Gasteiger partial charge in [0, 0.05) is 36.5 Å². The minimum absolute atomic E-state index is 0.275. The highest BCUT2D eigenvalue weighted by Crippen LogP contribution is 2.34. The van der Waals surface area contributed by atoms with Crippen molar-refractivity contribution in [3.8, 4) is 5.75 Å². The highest BCUT2D eigenvalue weighted by Gasteiger charge is 2.45. The lowest BCUT2D eigenvalue weighted by molar-refractivity contribution is -0.949. The number of fused-ring (bicyclic) bond motifs is 4. The second-order valence-corrected chi connectivity index (χ2v) is 9.76. The van der Waals surface area contributed by atoms with Crippen molar-refractivity contribution in [3.05, 3.63) is 48.7 Å². The molecule has 0 aliphatic carbocycles. The summed E-state index contributed by atoms with van der Waals surface area (Å²) >= 11 is 0. The molecule has 14 heteroatoms. The minimum atomic E-state index is -4.92. The molecule has 1 aromatic heterocycles. The van der Waals surface area contributed by atoms with Gasteiger partial charge in [0.2, 0.25) is 26.3 Å². The maximum Gasteiger partial charge on any atom is 0.215 e. The summed E-state index contributed by atoms with van der Waals surface area (Å²) in [6, 6.07) is 8.26. The summed E-state index contributed by atoms with van der Waals surface area (Å²) < 4.78 is 71.0. The van der Waals surface area contributed by atoms with Crippen LogP contribution in [0.3, 0.4) is 0 Å². The molecule has 3 aliphatic heterocycles. The highest BCUT2D eigenvalue weighted by atomic mass is 32.3. The number of aliphatic hydroxyl groups excluding tert-OH is 1. The van der Waals surface area contributed by atoms with Gasteiger partial charge in [-0.05, 0) is 18.1 Å². The van der Waals surface area contributed by atoms with E-state index in [9.17, 15) is 5.11 Å². The Balaban J connectivity index is 0.000000347. The van der Waals surface area contributed by atoms with Crippen LogP contribution in [0.2, 0.25) is 0 Å². The third kappa shape index (κ3) is 8.56. The van der Waals surface area contributed by atoms with Crippen molar-refractivity contribution >= 4 is 31.7 Å². The largest absolute Gasteiger partial charge is 0.726 e. The zero-order chi connectivity index (χ0) is 25.7. The molecule has 5 rings (SSSR count). The molecule has 2 bridgehead atoms. The zero-order valence-electron chi connectivity index (χ0n) is 18.3. The first kappa shape index (κ1) is 28.1. The number of aromatic nitrogens is 1. The number of methoxy groups -OCH3 is 1. The second-order valence-electron chi connectivity index (χ2n) is 8.05. The molecule has 4 heterocycles. The SMILES string of the molecule is C=C[C@H]1C[NH+]2CCC1C[C@H]2[C@H](O)c1cc[nH+]c2ccc(OC)cc12.O=S(=O)([O-])O.O=S(=O)([O-])O. The summed E-state index contributed by atoms with van der Waals surface area (Å²) in [4.78, 5) is 4.79. The first-order valence-electron chi connectivity index (χ1n) is 10.2. The van der Waals surface area contributed by atoms with Crippen LogP contribution in [-0.4, -0.2) is 66.4 Å². The molecule has 12 nitrogen and oxygen atoms in total. The van der Waals surface area contributed by atoms with Crippen LogP contribution < -0.4 is 14.6 Å². The summed E-state index contributed by atoms with van der Waals surface area (Å²) in [5, 5.41) is 12.2. The van der Waals surface area contributed by atoms with Crippen LogP contribution in [0.5, 0.6) is 5.75 Å². The number of rotatable bonds is 4. The Labute approximate surface area is 198 Å². The van der Waals surface area contributed by atoms with Crippen LogP contribution in [0, 0.1) is 11.8 Å². The van der Waals surface area contributed by atoms with Gasteiger partial charge < -0.3 is 23.8 Å². The molecule has 0 spiro atoms. The molecular formula is C20H28N2O10S2. The second kappa shape index (κ2) is 11.5. The Morgan fingerprint density at radius 3 is 2.32 bits per heavy atom. The molecule has 3 saturated heterocycles. The average molecular weight is 521 g/mol. The fraction of sp³-hybridized carbons (Fsp3) is 0.450. The fourth-order valence-corrected chi connectivity index (χ4v) is 4.71.